The number of benzene rings is 1. The van der Waals surface area contributed by atoms with Crippen LogP contribution in [0.5, 0.6) is 5.75 Å². The van der Waals surface area contributed by atoms with E-state index in [4.69, 9.17) is 9.47 Å². The van der Waals surface area contributed by atoms with Gasteiger partial charge in [0.1, 0.15) is 11.6 Å². The number of phenolic OH excluding ortho intramolecular Hbond substituents is 1. The molecule has 1 N–H and O–H groups in total. The molecule has 136 valence electrons. The standard InChI is InChI=1S/C20H25FO4/c1-24-18(23)17-8-13(17)2-3-19-4-6-20(7-5-19,25-12-19)14-9-15(21)11-16(22)10-14/h9-11,13,17,22H,2-8,12H2,1H3. The van der Waals surface area contributed by atoms with E-state index in [0.717, 1.165) is 56.6 Å². The number of methoxy groups -OCH3 is 1. The highest BCUT2D eigenvalue weighted by Gasteiger charge is 2.52. The van der Waals surface area contributed by atoms with Crippen LogP contribution in [0.3, 0.4) is 0 Å². The molecule has 25 heavy (non-hydrogen) atoms. The summed E-state index contributed by atoms with van der Waals surface area (Å²) < 4.78 is 24.7. The Balaban J connectivity index is 1.38. The summed E-state index contributed by atoms with van der Waals surface area (Å²) in [5.41, 5.74) is 0.502. The van der Waals surface area contributed by atoms with Crippen LogP contribution < -0.4 is 0 Å². The van der Waals surface area contributed by atoms with Gasteiger partial charge in [0, 0.05) is 6.07 Å². The largest absolute Gasteiger partial charge is 0.508 e. The molecule has 4 fully saturated rings. The fourth-order valence-corrected chi connectivity index (χ4v) is 4.79. The average Bonchev–Trinajstić information content (AvgIpc) is 3.40. The monoisotopic (exact) mass is 348 g/mol. The van der Waals surface area contributed by atoms with Gasteiger partial charge in [-0.3, -0.25) is 4.79 Å². The van der Waals surface area contributed by atoms with Gasteiger partial charge in [-0.1, -0.05) is 0 Å². The molecule has 5 heteroatoms. The Morgan fingerprint density at radius 1 is 1.32 bits per heavy atom. The highest BCUT2D eigenvalue weighted by molar-refractivity contribution is 5.75. The van der Waals surface area contributed by atoms with Crippen molar-refractivity contribution in [1.29, 1.82) is 0 Å². The normalized spacial score (nSPS) is 36.2. The van der Waals surface area contributed by atoms with E-state index in [2.05, 4.69) is 0 Å². The van der Waals surface area contributed by atoms with Crippen LogP contribution in [-0.4, -0.2) is 24.8 Å². The molecule has 2 saturated carbocycles. The SMILES string of the molecule is COC(=O)C1CC1CCC12CCC(c3cc(O)cc(F)c3)(CC1)OC2. The lowest BCUT2D eigenvalue weighted by Crippen LogP contribution is -2.49. The molecule has 0 aromatic heterocycles. The first-order chi connectivity index (χ1) is 12.0. The number of aromatic hydroxyl groups is 1. The predicted molar refractivity (Wildman–Crippen MR) is 89.4 cm³/mol. The van der Waals surface area contributed by atoms with Crippen molar-refractivity contribution >= 4 is 5.97 Å². The lowest BCUT2D eigenvalue weighted by molar-refractivity contribution is -0.192. The van der Waals surface area contributed by atoms with E-state index in [9.17, 15) is 14.3 Å². The fraction of sp³-hybridized carbons (Fsp3) is 0.650. The summed E-state index contributed by atoms with van der Waals surface area (Å²) in [4.78, 5) is 11.5. The maximum absolute atomic E-state index is 13.7. The number of carbonyl (C=O) groups is 1. The van der Waals surface area contributed by atoms with Crippen LogP contribution in [0.4, 0.5) is 4.39 Å². The van der Waals surface area contributed by atoms with E-state index in [-0.39, 0.29) is 23.1 Å². The summed E-state index contributed by atoms with van der Waals surface area (Å²) in [6, 6.07) is 4.25. The molecule has 2 unspecified atom stereocenters. The van der Waals surface area contributed by atoms with Crippen molar-refractivity contribution < 1.29 is 23.8 Å². The van der Waals surface area contributed by atoms with Gasteiger partial charge in [-0.25, -0.2) is 4.39 Å². The Labute approximate surface area is 147 Å². The number of hydrogen-bond donors (Lipinski definition) is 1. The molecular formula is C20H25FO4. The Bertz CT molecular complexity index is 641. The zero-order chi connectivity index (χ0) is 17.7. The van der Waals surface area contributed by atoms with E-state index in [1.165, 1.54) is 13.2 Å². The van der Waals surface area contributed by atoms with Crippen LogP contribution in [0.1, 0.15) is 50.5 Å². The van der Waals surface area contributed by atoms with Gasteiger partial charge in [0.05, 0.1) is 25.2 Å². The second-order valence-electron chi connectivity index (χ2n) is 8.15. The van der Waals surface area contributed by atoms with E-state index < -0.39 is 11.4 Å². The number of esters is 1. The molecule has 2 aliphatic carbocycles. The van der Waals surface area contributed by atoms with Crippen molar-refractivity contribution in [3.05, 3.63) is 29.6 Å². The minimum absolute atomic E-state index is 0.0435. The third-order valence-corrected chi connectivity index (χ3v) is 6.65. The Kier molecular flexibility index (Phi) is 4.02. The fourth-order valence-electron chi connectivity index (χ4n) is 4.79. The van der Waals surface area contributed by atoms with Crippen molar-refractivity contribution in [2.24, 2.45) is 17.3 Å². The van der Waals surface area contributed by atoms with Crippen LogP contribution in [0.15, 0.2) is 18.2 Å². The molecule has 0 radical (unpaired) electrons. The first-order valence-electron chi connectivity index (χ1n) is 9.17. The van der Waals surface area contributed by atoms with Crippen LogP contribution in [0.2, 0.25) is 0 Å². The minimum Gasteiger partial charge on any atom is -0.508 e. The molecule has 1 aromatic rings. The first-order valence-corrected chi connectivity index (χ1v) is 9.17. The molecule has 2 aliphatic heterocycles. The van der Waals surface area contributed by atoms with Gasteiger partial charge < -0.3 is 14.6 Å². The molecule has 4 nitrogen and oxygen atoms in total. The third-order valence-electron chi connectivity index (χ3n) is 6.65. The number of ether oxygens (including phenoxy) is 2. The summed E-state index contributed by atoms with van der Waals surface area (Å²) in [6.45, 7) is 0.680. The van der Waals surface area contributed by atoms with E-state index in [1.807, 2.05) is 0 Å². The highest BCUT2D eigenvalue weighted by Crippen LogP contribution is 2.57. The zero-order valence-corrected chi connectivity index (χ0v) is 14.6. The Morgan fingerprint density at radius 3 is 2.68 bits per heavy atom. The van der Waals surface area contributed by atoms with Gasteiger partial charge in [-0.05, 0) is 74.0 Å². The number of rotatable bonds is 5. The maximum atomic E-state index is 13.7. The summed E-state index contributed by atoms with van der Waals surface area (Å²) in [5, 5.41) is 9.71. The van der Waals surface area contributed by atoms with Gasteiger partial charge in [0.25, 0.3) is 0 Å². The summed E-state index contributed by atoms with van der Waals surface area (Å²) in [5.74, 6) is 0.0337. The quantitative estimate of drug-likeness (QED) is 0.820. The summed E-state index contributed by atoms with van der Waals surface area (Å²) >= 11 is 0. The summed E-state index contributed by atoms with van der Waals surface area (Å²) in [6.07, 6.45) is 6.92. The van der Waals surface area contributed by atoms with Gasteiger partial charge in [0.2, 0.25) is 0 Å². The predicted octanol–water partition coefficient (Wildman–Crippen LogP) is 3.91. The molecule has 4 aliphatic rings. The van der Waals surface area contributed by atoms with E-state index in [0.29, 0.717) is 12.5 Å². The van der Waals surface area contributed by atoms with Gasteiger partial charge in [0.15, 0.2) is 0 Å². The summed E-state index contributed by atoms with van der Waals surface area (Å²) in [7, 11) is 1.45. The number of carbonyl (C=O) groups excluding carboxylic acids is 1. The third kappa shape index (κ3) is 3.03. The molecule has 1 aromatic carbocycles. The lowest BCUT2D eigenvalue weighted by Gasteiger charge is -2.53. The van der Waals surface area contributed by atoms with Crippen molar-refractivity contribution in [3.8, 4) is 5.75 Å². The van der Waals surface area contributed by atoms with Crippen LogP contribution in [0.25, 0.3) is 0 Å². The molecule has 0 amide bonds. The molecule has 2 saturated heterocycles. The topological polar surface area (TPSA) is 55.8 Å². The maximum Gasteiger partial charge on any atom is 0.308 e. The number of hydrogen-bond acceptors (Lipinski definition) is 4. The van der Waals surface area contributed by atoms with Crippen molar-refractivity contribution in [1.82, 2.24) is 0 Å². The van der Waals surface area contributed by atoms with E-state index >= 15 is 0 Å². The lowest BCUT2D eigenvalue weighted by atomic mass is 9.62. The molecule has 2 heterocycles. The van der Waals surface area contributed by atoms with E-state index in [1.54, 1.807) is 6.07 Å². The Morgan fingerprint density at radius 2 is 2.08 bits per heavy atom. The number of halogens is 1. The highest BCUT2D eigenvalue weighted by atomic mass is 19.1. The smallest absolute Gasteiger partial charge is 0.308 e. The Hall–Kier alpha value is -1.62. The van der Waals surface area contributed by atoms with Crippen molar-refractivity contribution in [3.63, 3.8) is 0 Å². The van der Waals surface area contributed by atoms with Crippen LogP contribution in [-0.2, 0) is 19.9 Å². The minimum atomic E-state index is -0.449. The van der Waals surface area contributed by atoms with Gasteiger partial charge in [-0.2, -0.15) is 0 Å². The van der Waals surface area contributed by atoms with Crippen LogP contribution in [0, 0.1) is 23.1 Å². The molecule has 2 atom stereocenters. The molecule has 2 bridgehead atoms. The second-order valence-corrected chi connectivity index (χ2v) is 8.15. The molecule has 0 spiro atoms. The average molecular weight is 348 g/mol. The van der Waals surface area contributed by atoms with Crippen LogP contribution >= 0.6 is 0 Å². The van der Waals surface area contributed by atoms with Gasteiger partial charge in [-0.15, -0.1) is 0 Å². The van der Waals surface area contributed by atoms with Gasteiger partial charge >= 0.3 is 5.97 Å². The zero-order valence-electron chi connectivity index (χ0n) is 14.6. The molecule has 5 rings (SSSR count). The van der Waals surface area contributed by atoms with Crippen molar-refractivity contribution in [2.75, 3.05) is 13.7 Å². The first kappa shape index (κ1) is 16.8. The molecular weight excluding hydrogens is 323 g/mol. The van der Waals surface area contributed by atoms with Crippen molar-refractivity contribution in [2.45, 2.75) is 50.5 Å². The second kappa shape index (κ2) is 5.97. The number of fused-ring (bicyclic) bond motifs is 3. The number of phenols is 1.